The maximum Gasteiger partial charge on any atom is 0.193 e. The minimum atomic E-state index is -1.32. The second-order valence-corrected chi connectivity index (χ2v) is 3.51. The van der Waals surface area contributed by atoms with E-state index in [9.17, 15) is 9.90 Å². The number of hydrogen-bond acceptors (Lipinski definition) is 3. The van der Waals surface area contributed by atoms with Crippen molar-refractivity contribution < 1.29 is 9.90 Å². The summed E-state index contributed by atoms with van der Waals surface area (Å²) in [5.41, 5.74) is 5.22. The Kier molecular flexibility index (Phi) is 2.38. The van der Waals surface area contributed by atoms with Gasteiger partial charge in [-0.25, -0.2) is 0 Å². The highest BCUT2D eigenvalue weighted by atomic mass is 16.3. The van der Waals surface area contributed by atoms with Crippen LogP contribution in [0.5, 0.6) is 0 Å². The van der Waals surface area contributed by atoms with E-state index in [1.807, 2.05) is 0 Å². The molecule has 0 aliphatic heterocycles. The van der Waals surface area contributed by atoms with Crippen LogP contribution in [0.1, 0.15) is 24.2 Å². The summed E-state index contributed by atoms with van der Waals surface area (Å²) in [6.45, 7) is 2.93. The summed E-state index contributed by atoms with van der Waals surface area (Å²) >= 11 is 0. The summed E-state index contributed by atoms with van der Waals surface area (Å²) in [7, 11) is 0. The Balaban J connectivity index is 2.97. The van der Waals surface area contributed by atoms with Crippen LogP contribution in [0.2, 0.25) is 0 Å². The van der Waals surface area contributed by atoms with Crippen molar-refractivity contribution in [3.63, 3.8) is 0 Å². The number of ketones is 1. The van der Waals surface area contributed by atoms with Crippen LogP contribution in [0.3, 0.4) is 0 Å². The first kappa shape index (κ1) is 9.74. The number of nitrogens with two attached hydrogens (primary N) is 1. The fourth-order valence-corrected chi connectivity index (χ4v) is 0.988. The van der Waals surface area contributed by atoms with Gasteiger partial charge < -0.3 is 10.8 Å². The molecule has 3 N–H and O–H groups in total. The van der Waals surface area contributed by atoms with Crippen LogP contribution in [0.25, 0.3) is 0 Å². The number of anilines is 1. The molecule has 1 aromatic carbocycles. The summed E-state index contributed by atoms with van der Waals surface area (Å²) in [6.07, 6.45) is 0. The van der Waals surface area contributed by atoms with Crippen LogP contribution in [0.15, 0.2) is 24.3 Å². The second kappa shape index (κ2) is 3.18. The summed E-state index contributed by atoms with van der Waals surface area (Å²) < 4.78 is 0. The summed E-state index contributed by atoms with van der Waals surface area (Å²) in [5.74, 6) is -0.299. The third kappa shape index (κ3) is 2.29. The fraction of sp³-hybridized carbons (Fsp3) is 0.300. The van der Waals surface area contributed by atoms with E-state index in [0.29, 0.717) is 11.3 Å². The molecule has 0 spiro atoms. The molecular formula is C10H13NO2. The number of carbonyl (C=O) groups is 1. The topological polar surface area (TPSA) is 63.3 Å². The van der Waals surface area contributed by atoms with E-state index < -0.39 is 5.60 Å². The predicted molar refractivity (Wildman–Crippen MR) is 51.5 cm³/mol. The molecule has 0 saturated carbocycles. The monoisotopic (exact) mass is 179 g/mol. The molecule has 1 aromatic rings. The Labute approximate surface area is 77.2 Å². The van der Waals surface area contributed by atoms with Crippen molar-refractivity contribution in [3.8, 4) is 0 Å². The lowest BCUT2D eigenvalue weighted by Gasteiger charge is -2.15. The van der Waals surface area contributed by atoms with E-state index in [4.69, 9.17) is 5.73 Å². The molecule has 13 heavy (non-hydrogen) atoms. The maximum atomic E-state index is 11.5. The van der Waals surface area contributed by atoms with Gasteiger partial charge in [-0.05, 0) is 38.1 Å². The van der Waals surface area contributed by atoms with Crippen molar-refractivity contribution >= 4 is 11.5 Å². The highest BCUT2D eigenvalue weighted by molar-refractivity contribution is 6.01. The van der Waals surface area contributed by atoms with E-state index >= 15 is 0 Å². The normalized spacial score (nSPS) is 11.3. The molecule has 0 bridgehead atoms. The van der Waals surface area contributed by atoms with Crippen molar-refractivity contribution in [2.24, 2.45) is 0 Å². The Morgan fingerprint density at radius 2 is 1.77 bits per heavy atom. The molecule has 70 valence electrons. The predicted octanol–water partition coefficient (Wildman–Crippen LogP) is 1.22. The van der Waals surface area contributed by atoms with E-state index in [1.165, 1.54) is 13.8 Å². The lowest BCUT2D eigenvalue weighted by Crippen LogP contribution is -2.30. The zero-order chi connectivity index (χ0) is 10.1. The molecule has 0 atom stereocenters. The van der Waals surface area contributed by atoms with Gasteiger partial charge in [0.1, 0.15) is 5.60 Å². The van der Waals surface area contributed by atoms with Crippen LogP contribution in [-0.2, 0) is 0 Å². The highest BCUT2D eigenvalue weighted by Gasteiger charge is 2.24. The quantitative estimate of drug-likeness (QED) is 0.530. The van der Waals surface area contributed by atoms with Crippen molar-refractivity contribution in [1.82, 2.24) is 0 Å². The van der Waals surface area contributed by atoms with Crippen LogP contribution < -0.4 is 5.73 Å². The van der Waals surface area contributed by atoms with Gasteiger partial charge in [-0.15, -0.1) is 0 Å². The van der Waals surface area contributed by atoms with Crippen molar-refractivity contribution in [2.45, 2.75) is 19.4 Å². The Bertz CT molecular complexity index is 309. The molecule has 0 saturated heterocycles. The van der Waals surface area contributed by atoms with Gasteiger partial charge in [0, 0.05) is 11.3 Å². The van der Waals surface area contributed by atoms with Crippen molar-refractivity contribution in [1.29, 1.82) is 0 Å². The van der Waals surface area contributed by atoms with E-state index in [-0.39, 0.29) is 5.78 Å². The maximum absolute atomic E-state index is 11.5. The third-order valence-corrected chi connectivity index (χ3v) is 1.73. The smallest absolute Gasteiger partial charge is 0.193 e. The average Bonchev–Trinajstić information content (AvgIpc) is 2.03. The average molecular weight is 179 g/mol. The first-order valence-electron chi connectivity index (χ1n) is 4.04. The standard InChI is InChI=1S/C10H13NO2/c1-10(2,13)9(12)7-3-5-8(11)6-4-7/h3-6,13H,11H2,1-2H3. The Hall–Kier alpha value is -1.35. The van der Waals surface area contributed by atoms with Crippen LogP contribution in [-0.4, -0.2) is 16.5 Å². The van der Waals surface area contributed by atoms with Crippen LogP contribution in [0, 0.1) is 0 Å². The number of nitrogen functional groups attached to an aromatic ring is 1. The molecule has 0 radical (unpaired) electrons. The number of benzene rings is 1. The first-order valence-corrected chi connectivity index (χ1v) is 4.04. The molecule has 0 aliphatic rings. The molecular weight excluding hydrogens is 166 g/mol. The van der Waals surface area contributed by atoms with E-state index in [2.05, 4.69) is 0 Å². The minimum absolute atomic E-state index is 0.299. The lowest BCUT2D eigenvalue weighted by atomic mass is 9.97. The molecule has 0 fully saturated rings. The molecule has 3 heteroatoms. The second-order valence-electron chi connectivity index (χ2n) is 3.51. The van der Waals surface area contributed by atoms with Crippen molar-refractivity contribution in [2.75, 3.05) is 5.73 Å². The molecule has 0 aromatic heterocycles. The van der Waals surface area contributed by atoms with Gasteiger partial charge in [0.05, 0.1) is 0 Å². The fourth-order valence-electron chi connectivity index (χ4n) is 0.988. The Morgan fingerprint density at radius 1 is 1.31 bits per heavy atom. The van der Waals surface area contributed by atoms with E-state index in [0.717, 1.165) is 0 Å². The van der Waals surface area contributed by atoms with Crippen LogP contribution >= 0.6 is 0 Å². The third-order valence-electron chi connectivity index (χ3n) is 1.73. The van der Waals surface area contributed by atoms with Gasteiger partial charge in [0.2, 0.25) is 0 Å². The molecule has 0 unspecified atom stereocenters. The van der Waals surface area contributed by atoms with Gasteiger partial charge in [0.25, 0.3) is 0 Å². The largest absolute Gasteiger partial charge is 0.399 e. The van der Waals surface area contributed by atoms with Gasteiger partial charge in [0.15, 0.2) is 5.78 Å². The van der Waals surface area contributed by atoms with Gasteiger partial charge >= 0.3 is 0 Å². The van der Waals surface area contributed by atoms with Crippen LogP contribution in [0.4, 0.5) is 5.69 Å². The van der Waals surface area contributed by atoms with Gasteiger partial charge in [-0.2, -0.15) is 0 Å². The molecule has 0 aliphatic carbocycles. The first-order chi connectivity index (χ1) is 5.91. The zero-order valence-corrected chi connectivity index (χ0v) is 7.74. The number of rotatable bonds is 2. The van der Waals surface area contributed by atoms with Crippen molar-refractivity contribution in [3.05, 3.63) is 29.8 Å². The SMILES string of the molecule is CC(C)(O)C(=O)c1ccc(N)cc1. The van der Waals surface area contributed by atoms with E-state index in [1.54, 1.807) is 24.3 Å². The molecule has 3 nitrogen and oxygen atoms in total. The summed E-state index contributed by atoms with van der Waals surface area (Å²) in [4.78, 5) is 11.5. The molecule has 0 heterocycles. The van der Waals surface area contributed by atoms with Gasteiger partial charge in [-0.1, -0.05) is 0 Å². The molecule has 1 rings (SSSR count). The summed E-state index contributed by atoms with van der Waals surface area (Å²) in [6, 6.07) is 6.49. The molecule has 0 amide bonds. The lowest BCUT2D eigenvalue weighted by molar-refractivity contribution is 0.0488. The Morgan fingerprint density at radius 3 is 2.15 bits per heavy atom. The zero-order valence-electron chi connectivity index (χ0n) is 7.74. The minimum Gasteiger partial charge on any atom is -0.399 e. The summed E-state index contributed by atoms with van der Waals surface area (Å²) in [5, 5.41) is 9.43. The number of carbonyl (C=O) groups excluding carboxylic acids is 1. The number of aliphatic hydroxyl groups is 1. The van der Waals surface area contributed by atoms with Gasteiger partial charge in [-0.3, -0.25) is 4.79 Å². The number of Topliss-reactive ketones (excluding diaryl/α,β-unsaturated/α-hetero) is 1. The number of hydrogen-bond donors (Lipinski definition) is 2. The highest BCUT2D eigenvalue weighted by Crippen LogP contribution is 2.13.